The molecule has 1 N–H and O–H groups in total. The minimum atomic E-state index is -0.356. The van der Waals surface area contributed by atoms with Gasteiger partial charge in [0, 0.05) is 23.2 Å². The molecule has 2 heterocycles. The first kappa shape index (κ1) is 18.6. The Hall–Kier alpha value is -3.71. The highest BCUT2D eigenvalue weighted by Gasteiger charge is 2.19. The average Bonchev–Trinajstić information content (AvgIpc) is 3.43. The Morgan fingerprint density at radius 3 is 2.72 bits per heavy atom. The standard InChI is InChI=1S/C21H16ClN5O2/c22-17-9-4-6-15(12-17)14-23-21(28)19(13-18-10-5-11-29-18)27-20(24-25-26-27)16-7-2-1-3-8-16/h1-13H,14H2,(H,23,28)/b19-13-. The van der Waals surface area contributed by atoms with Crippen molar-refractivity contribution in [2.45, 2.75) is 6.54 Å². The minimum absolute atomic E-state index is 0.228. The molecule has 0 aliphatic carbocycles. The second kappa shape index (κ2) is 8.53. The van der Waals surface area contributed by atoms with Gasteiger partial charge in [-0.3, -0.25) is 4.79 Å². The van der Waals surface area contributed by atoms with Crippen molar-refractivity contribution in [3.8, 4) is 11.4 Å². The molecule has 7 nitrogen and oxygen atoms in total. The number of amides is 1. The predicted molar refractivity (Wildman–Crippen MR) is 109 cm³/mol. The molecule has 0 radical (unpaired) electrons. The predicted octanol–water partition coefficient (Wildman–Crippen LogP) is 3.90. The van der Waals surface area contributed by atoms with E-state index in [0.29, 0.717) is 23.2 Å². The Morgan fingerprint density at radius 1 is 1.10 bits per heavy atom. The lowest BCUT2D eigenvalue weighted by Crippen LogP contribution is -2.27. The second-order valence-corrected chi connectivity index (χ2v) is 6.57. The van der Waals surface area contributed by atoms with E-state index in [4.69, 9.17) is 16.0 Å². The molecule has 0 aliphatic rings. The van der Waals surface area contributed by atoms with Gasteiger partial charge in [0.25, 0.3) is 5.91 Å². The molecule has 0 atom stereocenters. The van der Waals surface area contributed by atoms with Crippen molar-refractivity contribution < 1.29 is 9.21 Å². The van der Waals surface area contributed by atoms with Gasteiger partial charge in [0.1, 0.15) is 11.5 Å². The van der Waals surface area contributed by atoms with Crippen LogP contribution in [0.1, 0.15) is 11.3 Å². The number of hydrogen-bond acceptors (Lipinski definition) is 5. The Labute approximate surface area is 171 Å². The van der Waals surface area contributed by atoms with Crippen LogP contribution >= 0.6 is 11.6 Å². The van der Waals surface area contributed by atoms with Crippen molar-refractivity contribution in [3.63, 3.8) is 0 Å². The highest BCUT2D eigenvalue weighted by atomic mass is 35.5. The Bertz CT molecular complexity index is 1140. The van der Waals surface area contributed by atoms with Crippen LogP contribution in [-0.2, 0) is 11.3 Å². The third-order valence-corrected chi connectivity index (χ3v) is 4.36. The second-order valence-electron chi connectivity index (χ2n) is 6.14. The zero-order valence-corrected chi connectivity index (χ0v) is 16.0. The zero-order valence-electron chi connectivity index (χ0n) is 15.2. The first-order valence-electron chi connectivity index (χ1n) is 8.83. The number of tetrazole rings is 1. The fourth-order valence-electron chi connectivity index (χ4n) is 2.77. The molecule has 29 heavy (non-hydrogen) atoms. The molecule has 0 fully saturated rings. The van der Waals surface area contributed by atoms with Crippen LogP contribution in [0.3, 0.4) is 0 Å². The lowest BCUT2D eigenvalue weighted by Gasteiger charge is -2.10. The molecule has 4 aromatic rings. The van der Waals surface area contributed by atoms with Crippen molar-refractivity contribution in [3.05, 3.63) is 89.3 Å². The van der Waals surface area contributed by atoms with Crippen molar-refractivity contribution in [1.82, 2.24) is 25.5 Å². The van der Waals surface area contributed by atoms with E-state index in [2.05, 4.69) is 20.8 Å². The van der Waals surface area contributed by atoms with Crippen LogP contribution in [0.15, 0.2) is 77.4 Å². The van der Waals surface area contributed by atoms with E-state index >= 15 is 0 Å². The maximum atomic E-state index is 13.0. The molecule has 8 heteroatoms. The third kappa shape index (κ3) is 4.41. The summed E-state index contributed by atoms with van der Waals surface area (Å²) in [5.74, 6) is 0.597. The van der Waals surface area contributed by atoms with E-state index in [0.717, 1.165) is 11.1 Å². The third-order valence-electron chi connectivity index (χ3n) is 4.13. The van der Waals surface area contributed by atoms with Crippen molar-refractivity contribution in [1.29, 1.82) is 0 Å². The van der Waals surface area contributed by atoms with Gasteiger partial charge >= 0.3 is 0 Å². The SMILES string of the molecule is O=C(NCc1cccc(Cl)c1)/C(=C/c1ccco1)n1nnnc1-c1ccccc1. The van der Waals surface area contributed by atoms with Crippen LogP contribution in [0.2, 0.25) is 5.02 Å². The fraction of sp³-hybridized carbons (Fsp3) is 0.0476. The van der Waals surface area contributed by atoms with Crippen molar-refractivity contribution in [2.75, 3.05) is 0 Å². The average molecular weight is 406 g/mol. The number of aromatic nitrogens is 4. The number of nitrogens with one attached hydrogen (secondary N) is 1. The Balaban J connectivity index is 1.67. The molecular weight excluding hydrogens is 390 g/mol. The fourth-order valence-corrected chi connectivity index (χ4v) is 2.98. The summed E-state index contributed by atoms with van der Waals surface area (Å²) in [7, 11) is 0. The Morgan fingerprint density at radius 2 is 1.97 bits per heavy atom. The van der Waals surface area contributed by atoms with E-state index in [-0.39, 0.29) is 11.6 Å². The summed E-state index contributed by atoms with van der Waals surface area (Å²) in [5.41, 5.74) is 1.89. The minimum Gasteiger partial charge on any atom is -0.465 e. The molecule has 144 valence electrons. The number of carbonyl (C=O) groups is 1. The highest BCUT2D eigenvalue weighted by Crippen LogP contribution is 2.21. The van der Waals surface area contributed by atoms with Crippen LogP contribution in [-0.4, -0.2) is 26.1 Å². The first-order chi connectivity index (χ1) is 14.2. The van der Waals surface area contributed by atoms with Gasteiger partial charge < -0.3 is 9.73 Å². The van der Waals surface area contributed by atoms with E-state index in [9.17, 15) is 4.79 Å². The molecule has 0 saturated carbocycles. The van der Waals surface area contributed by atoms with Crippen molar-refractivity contribution >= 4 is 29.3 Å². The van der Waals surface area contributed by atoms with Crippen molar-refractivity contribution in [2.24, 2.45) is 0 Å². The van der Waals surface area contributed by atoms with Gasteiger partial charge in [-0.1, -0.05) is 54.1 Å². The lowest BCUT2D eigenvalue weighted by atomic mass is 10.2. The molecule has 2 aromatic heterocycles. The molecule has 0 bridgehead atoms. The van der Waals surface area contributed by atoms with Gasteiger partial charge in [-0.15, -0.1) is 5.10 Å². The normalized spacial score (nSPS) is 11.4. The first-order valence-corrected chi connectivity index (χ1v) is 9.20. The quantitative estimate of drug-likeness (QED) is 0.492. The number of rotatable bonds is 6. The van der Waals surface area contributed by atoms with Crippen LogP contribution in [0.5, 0.6) is 0 Å². The van der Waals surface area contributed by atoms with Gasteiger partial charge in [0.2, 0.25) is 0 Å². The van der Waals surface area contributed by atoms with Crippen LogP contribution in [0.25, 0.3) is 23.2 Å². The van der Waals surface area contributed by atoms with Gasteiger partial charge in [0.15, 0.2) is 5.82 Å². The summed E-state index contributed by atoms with van der Waals surface area (Å²) in [6.07, 6.45) is 3.13. The molecule has 0 saturated heterocycles. The summed E-state index contributed by atoms with van der Waals surface area (Å²) in [5, 5.41) is 15.4. The molecule has 0 aliphatic heterocycles. The highest BCUT2D eigenvalue weighted by molar-refractivity contribution is 6.30. The summed E-state index contributed by atoms with van der Waals surface area (Å²) >= 11 is 6.02. The lowest BCUT2D eigenvalue weighted by molar-refractivity contribution is -0.116. The van der Waals surface area contributed by atoms with E-state index in [1.165, 1.54) is 10.9 Å². The maximum Gasteiger partial charge on any atom is 0.270 e. The van der Waals surface area contributed by atoms with Crippen LogP contribution < -0.4 is 5.32 Å². The smallest absolute Gasteiger partial charge is 0.270 e. The molecule has 2 aromatic carbocycles. The summed E-state index contributed by atoms with van der Waals surface area (Å²) in [6, 6.07) is 20.2. The number of carbonyl (C=O) groups excluding carboxylic acids is 1. The van der Waals surface area contributed by atoms with Gasteiger partial charge in [-0.25, -0.2) is 0 Å². The van der Waals surface area contributed by atoms with E-state index in [1.807, 2.05) is 42.5 Å². The number of furan rings is 1. The summed E-state index contributed by atoms with van der Waals surface area (Å²) in [4.78, 5) is 13.0. The van der Waals surface area contributed by atoms with Gasteiger partial charge in [0.05, 0.1) is 6.26 Å². The van der Waals surface area contributed by atoms with E-state index in [1.54, 1.807) is 30.3 Å². The maximum absolute atomic E-state index is 13.0. The number of nitrogens with zero attached hydrogens (tertiary/aromatic N) is 4. The molecule has 0 unspecified atom stereocenters. The summed E-state index contributed by atoms with van der Waals surface area (Å²) < 4.78 is 6.77. The topological polar surface area (TPSA) is 85.8 Å². The Kier molecular flexibility index (Phi) is 5.49. The number of halogens is 1. The number of hydrogen-bond donors (Lipinski definition) is 1. The van der Waals surface area contributed by atoms with Crippen LogP contribution in [0, 0.1) is 0 Å². The number of benzene rings is 2. The zero-order chi connectivity index (χ0) is 20.1. The van der Waals surface area contributed by atoms with E-state index < -0.39 is 0 Å². The molecular formula is C21H16ClN5O2. The molecule has 4 rings (SSSR count). The van der Waals surface area contributed by atoms with Gasteiger partial charge in [-0.05, 0) is 40.3 Å². The summed E-state index contributed by atoms with van der Waals surface area (Å²) in [6.45, 7) is 0.303. The monoisotopic (exact) mass is 405 g/mol. The molecule has 0 spiro atoms. The van der Waals surface area contributed by atoms with Crippen LogP contribution in [0.4, 0.5) is 0 Å². The van der Waals surface area contributed by atoms with Gasteiger partial charge in [-0.2, -0.15) is 4.68 Å². The largest absolute Gasteiger partial charge is 0.465 e. The molecule has 1 amide bonds.